The summed E-state index contributed by atoms with van der Waals surface area (Å²) in [5.74, 6) is 1.32. The van der Waals surface area contributed by atoms with Crippen LogP contribution >= 0.6 is 15.9 Å². The largest absolute Gasteiger partial charge is 0.338 e. The van der Waals surface area contributed by atoms with Crippen LogP contribution in [0.4, 0.5) is 0 Å². The fourth-order valence-electron chi connectivity index (χ4n) is 3.40. The summed E-state index contributed by atoms with van der Waals surface area (Å²) in [7, 11) is 0. The molecule has 2 atom stereocenters. The number of halogens is 1. The van der Waals surface area contributed by atoms with Gasteiger partial charge in [-0.3, -0.25) is 4.79 Å². The zero-order valence-electron chi connectivity index (χ0n) is 13.4. The van der Waals surface area contributed by atoms with Crippen LogP contribution in [0.25, 0.3) is 0 Å². The van der Waals surface area contributed by atoms with Gasteiger partial charge in [0.1, 0.15) is 0 Å². The van der Waals surface area contributed by atoms with Crippen LogP contribution in [0.5, 0.6) is 0 Å². The van der Waals surface area contributed by atoms with E-state index >= 15 is 0 Å². The third-order valence-corrected chi connectivity index (χ3v) is 5.51. The molecular formula is C20H22BrNO. The van der Waals surface area contributed by atoms with Gasteiger partial charge in [0.05, 0.1) is 5.56 Å². The first kappa shape index (κ1) is 16.3. The van der Waals surface area contributed by atoms with Crippen molar-refractivity contribution in [1.29, 1.82) is 0 Å². The maximum atomic E-state index is 12.7. The molecule has 0 radical (unpaired) electrons. The van der Waals surface area contributed by atoms with E-state index in [1.807, 2.05) is 29.2 Å². The van der Waals surface area contributed by atoms with Gasteiger partial charge < -0.3 is 4.90 Å². The van der Waals surface area contributed by atoms with Gasteiger partial charge in [-0.05, 0) is 58.3 Å². The molecule has 2 aromatic rings. The Labute approximate surface area is 146 Å². The Hall–Kier alpha value is -1.61. The number of rotatable bonds is 3. The third-order valence-electron chi connectivity index (χ3n) is 4.82. The van der Waals surface area contributed by atoms with E-state index in [0.717, 1.165) is 36.0 Å². The van der Waals surface area contributed by atoms with Crippen molar-refractivity contribution in [3.05, 3.63) is 70.2 Å². The number of carbonyl (C=O) groups excluding carboxylic acids is 1. The second-order valence-corrected chi connectivity index (χ2v) is 7.30. The Morgan fingerprint density at radius 3 is 2.52 bits per heavy atom. The van der Waals surface area contributed by atoms with Crippen LogP contribution in [-0.4, -0.2) is 23.9 Å². The summed E-state index contributed by atoms with van der Waals surface area (Å²) in [6.45, 7) is 3.97. The highest BCUT2D eigenvalue weighted by atomic mass is 79.9. The molecule has 1 aliphatic heterocycles. The Kier molecular flexibility index (Phi) is 5.16. The summed E-state index contributed by atoms with van der Waals surface area (Å²) in [5.41, 5.74) is 2.16. The number of nitrogens with zero attached hydrogens (tertiary/aromatic N) is 1. The zero-order valence-corrected chi connectivity index (χ0v) is 15.0. The molecule has 0 bridgehead atoms. The Morgan fingerprint density at radius 2 is 1.83 bits per heavy atom. The predicted octanol–water partition coefficient (Wildman–Crippen LogP) is 4.79. The molecule has 0 spiro atoms. The van der Waals surface area contributed by atoms with Gasteiger partial charge in [-0.1, -0.05) is 49.4 Å². The average Bonchev–Trinajstić information content (AvgIpc) is 2.57. The Balaban J connectivity index is 1.64. The van der Waals surface area contributed by atoms with E-state index < -0.39 is 0 Å². The number of likely N-dealkylation sites (tertiary alicyclic amines) is 1. The van der Waals surface area contributed by atoms with Crippen molar-refractivity contribution in [2.75, 3.05) is 13.1 Å². The first-order valence-corrected chi connectivity index (χ1v) is 9.02. The standard InChI is InChI=1S/C20H22BrNO/c1-15-14-22(20(23)18-9-5-6-10-19(18)21)12-11-17(15)13-16-7-3-2-4-8-16/h2-10,15,17H,11-14H2,1H3/t15-,17-/m1/s1. The smallest absolute Gasteiger partial charge is 0.255 e. The van der Waals surface area contributed by atoms with E-state index in [-0.39, 0.29) is 5.91 Å². The second-order valence-electron chi connectivity index (χ2n) is 6.45. The van der Waals surface area contributed by atoms with E-state index in [2.05, 4.69) is 53.2 Å². The number of piperidine rings is 1. The summed E-state index contributed by atoms with van der Waals surface area (Å²) in [4.78, 5) is 14.7. The highest BCUT2D eigenvalue weighted by molar-refractivity contribution is 9.10. The number of benzene rings is 2. The predicted molar refractivity (Wildman–Crippen MR) is 97.5 cm³/mol. The molecule has 0 saturated carbocycles. The van der Waals surface area contributed by atoms with Crippen LogP contribution in [0.3, 0.4) is 0 Å². The van der Waals surface area contributed by atoms with Gasteiger partial charge >= 0.3 is 0 Å². The lowest BCUT2D eigenvalue weighted by Crippen LogP contribution is -2.43. The Bertz CT molecular complexity index is 670. The average molecular weight is 372 g/mol. The number of hydrogen-bond donors (Lipinski definition) is 0. The van der Waals surface area contributed by atoms with Crippen molar-refractivity contribution < 1.29 is 4.79 Å². The first-order valence-electron chi connectivity index (χ1n) is 8.23. The normalized spacial score (nSPS) is 21.2. The summed E-state index contributed by atoms with van der Waals surface area (Å²) in [5, 5.41) is 0. The van der Waals surface area contributed by atoms with Gasteiger partial charge in [0.2, 0.25) is 0 Å². The Morgan fingerprint density at radius 1 is 1.13 bits per heavy atom. The van der Waals surface area contributed by atoms with Gasteiger partial charge in [-0.25, -0.2) is 0 Å². The topological polar surface area (TPSA) is 20.3 Å². The van der Waals surface area contributed by atoms with Gasteiger partial charge in [0, 0.05) is 17.6 Å². The molecule has 2 aromatic carbocycles. The molecule has 23 heavy (non-hydrogen) atoms. The number of carbonyl (C=O) groups is 1. The lowest BCUT2D eigenvalue weighted by molar-refractivity contribution is 0.0612. The quantitative estimate of drug-likeness (QED) is 0.759. The minimum atomic E-state index is 0.141. The molecule has 1 amide bonds. The molecule has 1 fully saturated rings. The van der Waals surface area contributed by atoms with Crippen LogP contribution in [-0.2, 0) is 6.42 Å². The SMILES string of the molecule is C[C@@H]1CN(C(=O)c2ccccc2Br)CC[C@@H]1Cc1ccccc1. The summed E-state index contributed by atoms with van der Waals surface area (Å²) in [6.07, 6.45) is 2.19. The van der Waals surface area contributed by atoms with Crippen molar-refractivity contribution in [1.82, 2.24) is 4.90 Å². The third kappa shape index (κ3) is 3.84. The molecule has 1 heterocycles. The van der Waals surface area contributed by atoms with E-state index in [4.69, 9.17) is 0 Å². The minimum absolute atomic E-state index is 0.141. The maximum Gasteiger partial charge on any atom is 0.255 e. The van der Waals surface area contributed by atoms with Gasteiger partial charge in [0.15, 0.2) is 0 Å². The van der Waals surface area contributed by atoms with Crippen LogP contribution < -0.4 is 0 Å². The molecule has 0 aromatic heterocycles. The van der Waals surface area contributed by atoms with Crippen molar-refractivity contribution in [3.8, 4) is 0 Å². The number of amides is 1. The van der Waals surface area contributed by atoms with E-state index in [1.165, 1.54) is 5.56 Å². The highest BCUT2D eigenvalue weighted by Crippen LogP contribution is 2.28. The fraction of sp³-hybridized carbons (Fsp3) is 0.350. The second kappa shape index (κ2) is 7.31. The van der Waals surface area contributed by atoms with Crippen LogP contribution in [0, 0.1) is 11.8 Å². The maximum absolute atomic E-state index is 12.7. The molecule has 120 valence electrons. The summed E-state index contributed by atoms with van der Waals surface area (Å²) < 4.78 is 0.879. The fourth-order valence-corrected chi connectivity index (χ4v) is 3.86. The molecular weight excluding hydrogens is 350 g/mol. The lowest BCUT2D eigenvalue weighted by Gasteiger charge is -2.37. The van der Waals surface area contributed by atoms with Crippen molar-refractivity contribution in [3.63, 3.8) is 0 Å². The molecule has 3 rings (SSSR count). The molecule has 0 unspecified atom stereocenters. The van der Waals surface area contributed by atoms with Gasteiger partial charge in [-0.2, -0.15) is 0 Å². The van der Waals surface area contributed by atoms with Gasteiger partial charge in [-0.15, -0.1) is 0 Å². The summed E-state index contributed by atoms with van der Waals surface area (Å²) in [6, 6.07) is 18.4. The summed E-state index contributed by atoms with van der Waals surface area (Å²) >= 11 is 3.49. The van der Waals surface area contributed by atoms with Crippen molar-refractivity contribution in [2.45, 2.75) is 19.8 Å². The monoisotopic (exact) mass is 371 g/mol. The molecule has 3 heteroatoms. The zero-order chi connectivity index (χ0) is 16.2. The van der Waals surface area contributed by atoms with Crippen molar-refractivity contribution >= 4 is 21.8 Å². The van der Waals surface area contributed by atoms with Gasteiger partial charge in [0.25, 0.3) is 5.91 Å². The lowest BCUT2D eigenvalue weighted by atomic mass is 9.82. The minimum Gasteiger partial charge on any atom is -0.338 e. The number of hydrogen-bond acceptors (Lipinski definition) is 1. The van der Waals surface area contributed by atoms with Crippen LogP contribution in [0.2, 0.25) is 0 Å². The van der Waals surface area contributed by atoms with E-state index in [9.17, 15) is 4.79 Å². The van der Waals surface area contributed by atoms with E-state index in [1.54, 1.807) is 0 Å². The van der Waals surface area contributed by atoms with Crippen LogP contribution in [0.1, 0.15) is 29.3 Å². The molecule has 0 N–H and O–H groups in total. The molecule has 0 aliphatic carbocycles. The molecule has 1 aliphatic rings. The first-order chi connectivity index (χ1) is 11.1. The van der Waals surface area contributed by atoms with E-state index in [0.29, 0.717) is 11.8 Å². The highest BCUT2D eigenvalue weighted by Gasteiger charge is 2.29. The van der Waals surface area contributed by atoms with Crippen molar-refractivity contribution in [2.24, 2.45) is 11.8 Å². The van der Waals surface area contributed by atoms with Crippen LogP contribution in [0.15, 0.2) is 59.1 Å². The molecule has 2 nitrogen and oxygen atoms in total. The molecule has 1 saturated heterocycles.